The minimum absolute atomic E-state index is 0.142. The number of fused-ring (bicyclic) bond motifs is 1. The van der Waals surface area contributed by atoms with Gasteiger partial charge in [0.1, 0.15) is 5.75 Å². The molecule has 18 heavy (non-hydrogen) atoms. The number of rotatable bonds is 1. The average molecular weight is 263 g/mol. The van der Waals surface area contributed by atoms with Crippen molar-refractivity contribution in [3.05, 3.63) is 18.2 Å². The molecule has 0 saturated heterocycles. The summed E-state index contributed by atoms with van der Waals surface area (Å²) in [5, 5.41) is 3.09. The van der Waals surface area contributed by atoms with Crippen molar-refractivity contribution in [2.75, 3.05) is 18.2 Å². The number of carbonyl (C=O) groups is 1. The van der Waals surface area contributed by atoms with Gasteiger partial charge in [0.2, 0.25) is 5.91 Å². The molecule has 1 aliphatic carbocycles. The summed E-state index contributed by atoms with van der Waals surface area (Å²) < 4.78 is 5.24. The SMILES string of the molecule is COc1ccc2c(c1)SCC1(CCCC1)C(=O)N2. The van der Waals surface area contributed by atoms with E-state index in [4.69, 9.17) is 4.74 Å². The lowest BCUT2D eigenvalue weighted by Gasteiger charge is -2.24. The third-order valence-corrected chi connectivity index (χ3v) is 5.33. The van der Waals surface area contributed by atoms with Crippen LogP contribution < -0.4 is 10.1 Å². The van der Waals surface area contributed by atoms with Crippen molar-refractivity contribution in [3.8, 4) is 5.75 Å². The van der Waals surface area contributed by atoms with Gasteiger partial charge in [-0.2, -0.15) is 0 Å². The van der Waals surface area contributed by atoms with Crippen molar-refractivity contribution in [1.82, 2.24) is 0 Å². The Bertz CT molecular complexity index is 481. The van der Waals surface area contributed by atoms with Crippen molar-refractivity contribution in [2.24, 2.45) is 5.41 Å². The second-order valence-corrected chi connectivity index (χ2v) is 6.11. The lowest BCUT2D eigenvalue weighted by Crippen LogP contribution is -2.34. The van der Waals surface area contributed by atoms with Gasteiger partial charge in [-0.1, -0.05) is 12.8 Å². The summed E-state index contributed by atoms with van der Waals surface area (Å²) in [5.41, 5.74) is 0.784. The van der Waals surface area contributed by atoms with E-state index < -0.39 is 0 Å². The molecule has 1 fully saturated rings. The highest BCUT2D eigenvalue weighted by Gasteiger charge is 2.42. The number of nitrogens with one attached hydrogen (secondary N) is 1. The fourth-order valence-corrected chi connectivity index (χ4v) is 4.14. The molecule has 1 aromatic carbocycles. The fourth-order valence-electron chi connectivity index (χ4n) is 2.81. The highest BCUT2D eigenvalue weighted by Crippen LogP contribution is 2.47. The molecule has 96 valence electrons. The van der Waals surface area contributed by atoms with E-state index in [1.165, 1.54) is 12.8 Å². The van der Waals surface area contributed by atoms with E-state index >= 15 is 0 Å². The molecule has 0 unspecified atom stereocenters. The Morgan fingerprint density at radius 1 is 1.33 bits per heavy atom. The molecule has 3 nitrogen and oxygen atoms in total. The standard InChI is InChI=1S/C14H17NO2S/c1-17-10-4-5-11-12(8-10)18-9-14(13(16)15-11)6-2-3-7-14/h4-5,8H,2-3,6-7,9H2,1H3,(H,15,16). The first-order chi connectivity index (χ1) is 8.73. The van der Waals surface area contributed by atoms with Crippen LogP contribution >= 0.6 is 11.8 Å². The van der Waals surface area contributed by atoms with Crippen LogP contribution in [0.5, 0.6) is 5.75 Å². The fraction of sp³-hybridized carbons (Fsp3) is 0.500. The number of hydrogen-bond acceptors (Lipinski definition) is 3. The van der Waals surface area contributed by atoms with Gasteiger partial charge in [-0.25, -0.2) is 0 Å². The van der Waals surface area contributed by atoms with Gasteiger partial charge in [0.05, 0.1) is 18.2 Å². The number of carbonyl (C=O) groups excluding carboxylic acids is 1. The van der Waals surface area contributed by atoms with E-state index in [9.17, 15) is 4.79 Å². The molecule has 1 heterocycles. The van der Waals surface area contributed by atoms with Crippen molar-refractivity contribution < 1.29 is 9.53 Å². The zero-order chi connectivity index (χ0) is 12.6. The van der Waals surface area contributed by atoms with Gasteiger partial charge >= 0.3 is 0 Å². The van der Waals surface area contributed by atoms with Crippen LogP contribution in [-0.4, -0.2) is 18.8 Å². The van der Waals surface area contributed by atoms with Gasteiger partial charge in [-0.15, -0.1) is 11.8 Å². The number of anilines is 1. The van der Waals surface area contributed by atoms with Gasteiger partial charge in [-0.05, 0) is 31.0 Å². The van der Waals surface area contributed by atoms with Crippen LogP contribution in [-0.2, 0) is 4.79 Å². The number of methoxy groups -OCH3 is 1. The molecular formula is C14H17NO2S. The summed E-state index contributed by atoms with van der Waals surface area (Å²) in [6.45, 7) is 0. The monoisotopic (exact) mass is 263 g/mol. The Morgan fingerprint density at radius 2 is 2.11 bits per heavy atom. The van der Waals surface area contributed by atoms with E-state index in [0.717, 1.165) is 34.9 Å². The number of thioether (sulfide) groups is 1. The Balaban J connectivity index is 1.93. The molecule has 1 N–H and O–H groups in total. The van der Waals surface area contributed by atoms with Crippen molar-refractivity contribution >= 4 is 23.4 Å². The molecule has 0 bridgehead atoms. The van der Waals surface area contributed by atoms with Gasteiger partial charge in [0, 0.05) is 10.6 Å². The quantitative estimate of drug-likeness (QED) is 0.845. The van der Waals surface area contributed by atoms with Gasteiger partial charge < -0.3 is 10.1 Å². The molecule has 0 atom stereocenters. The number of amides is 1. The summed E-state index contributed by atoms with van der Waals surface area (Å²) in [4.78, 5) is 13.5. The van der Waals surface area contributed by atoms with Gasteiger partial charge in [0.25, 0.3) is 0 Å². The first-order valence-corrected chi connectivity index (χ1v) is 7.34. The Morgan fingerprint density at radius 3 is 2.83 bits per heavy atom. The van der Waals surface area contributed by atoms with Crippen LogP contribution in [0.15, 0.2) is 23.1 Å². The second-order valence-electron chi connectivity index (χ2n) is 5.09. The molecule has 0 aromatic heterocycles. The molecule has 2 aliphatic rings. The first-order valence-electron chi connectivity index (χ1n) is 6.36. The van der Waals surface area contributed by atoms with Crippen LogP contribution in [0.1, 0.15) is 25.7 Å². The summed E-state index contributed by atoms with van der Waals surface area (Å²) in [6, 6.07) is 5.84. The van der Waals surface area contributed by atoms with Gasteiger partial charge in [0.15, 0.2) is 0 Å². The molecule has 1 saturated carbocycles. The molecule has 3 rings (SSSR count). The molecule has 1 spiro atoms. The Labute approximate surface area is 111 Å². The largest absolute Gasteiger partial charge is 0.497 e. The molecule has 1 aromatic rings. The van der Waals surface area contributed by atoms with Crippen molar-refractivity contribution in [2.45, 2.75) is 30.6 Å². The van der Waals surface area contributed by atoms with E-state index in [1.807, 2.05) is 18.2 Å². The first kappa shape index (κ1) is 11.9. The minimum Gasteiger partial charge on any atom is -0.497 e. The van der Waals surface area contributed by atoms with Crippen molar-refractivity contribution in [1.29, 1.82) is 0 Å². The lowest BCUT2D eigenvalue weighted by atomic mass is 9.87. The summed E-state index contributed by atoms with van der Waals surface area (Å²) in [6.07, 6.45) is 4.40. The van der Waals surface area contributed by atoms with Crippen LogP contribution in [0.3, 0.4) is 0 Å². The third kappa shape index (κ3) is 1.88. The predicted octanol–water partition coefficient (Wildman–Crippen LogP) is 3.30. The Kier molecular flexibility index (Phi) is 2.98. The summed E-state index contributed by atoms with van der Waals surface area (Å²) in [5.74, 6) is 1.94. The zero-order valence-corrected chi connectivity index (χ0v) is 11.3. The molecule has 1 amide bonds. The summed E-state index contributed by atoms with van der Waals surface area (Å²) in [7, 11) is 1.67. The number of benzene rings is 1. The van der Waals surface area contributed by atoms with E-state index in [1.54, 1.807) is 18.9 Å². The number of hydrogen-bond donors (Lipinski definition) is 1. The maximum Gasteiger partial charge on any atom is 0.231 e. The second kappa shape index (κ2) is 4.50. The normalized spacial score (nSPS) is 21.3. The summed E-state index contributed by atoms with van der Waals surface area (Å²) >= 11 is 1.78. The number of ether oxygens (including phenoxy) is 1. The lowest BCUT2D eigenvalue weighted by molar-refractivity contribution is -0.124. The predicted molar refractivity (Wildman–Crippen MR) is 73.2 cm³/mol. The molecular weight excluding hydrogens is 246 g/mol. The maximum atomic E-state index is 12.4. The van der Waals surface area contributed by atoms with E-state index in [2.05, 4.69) is 5.32 Å². The van der Waals surface area contributed by atoms with Gasteiger partial charge in [-0.3, -0.25) is 4.79 Å². The van der Waals surface area contributed by atoms with E-state index in [-0.39, 0.29) is 11.3 Å². The average Bonchev–Trinajstić information content (AvgIpc) is 2.82. The molecule has 0 radical (unpaired) electrons. The topological polar surface area (TPSA) is 38.3 Å². The van der Waals surface area contributed by atoms with Crippen LogP contribution in [0, 0.1) is 5.41 Å². The molecule has 4 heteroatoms. The zero-order valence-electron chi connectivity index (χ0n) is 10.5. The van der Waals surface area contributed by atoms with Crippen LogP contribution in [0.25, 0.3) is 0 Å². The van der Waals surface area contributed by atoms with Crippen LogP contribution in [0.4, 0.5) is 5.69 Å². The minimum atomic E-state index is -0.142. The highest BCUT2D eigenvalue weighted by molar-refractivity contribution is 7.99. The molecule has 1 aliphatic heterocycles. The Hall–Kier alpha value is -1.16. The smallest absolute Gasteiger partial charge is 0.231 e. The van der Waals surface area contributed by atoms with Crippen molar-refractivity contribution in [3.63, 3.8) is 0 Å². The highest BCUT2D eigenvalue weighted by atomic mass is 32.2. The van der Waals surface area contributed by atoms with Crippen LogP contribution in [0.2, 0.25) is 0 Å². The maximum absolute atomic E-state index is 12.4. The third-order valence-electron chi connectivity index (χ3n) is 3.98. The van der Waals surface area contributed by atoms with E-state index in [0.29, 0.717) is 0 Å².